The molecule has 6 nitrogen and oxygen atoms in total. The minimum Gasteiger partial charge on any atom is -0.550 e. The molecule has 0 unspecified atom stereocenters. The number of carbonyl (C=O) groups is 3. The van der Waals surface area contributed by atoms with Gasteiger partial charge in [-0.3, -0.25) is 0 Å². The van der Waals surface area contributed by atoms with Gasteiger partial charge in [0.25, 0.3) is 0 Å². The third kappa shape index (κ3) is 51.7. The number of aliphatic carboxylic acids is 3. The molecular weight excluding hydrogens is 434 g/mol. The maximum absolute atomic E-state index is 9.76. The van der Waals surface area contributed by atoms with Crippen molar-refractivity contribution in [2.45, 2.75) is 97.8 Å². The van der Waals surface area contributed by atoms with Gasteiger partial charge in [0.15, 0.2) is 0 Å². The number of unbranched alkanes of at least 4 members (excludes halogenated alkanes) is 6. The van der Waals surface area contributed by atoms with Crippen LogP contribution in [0.25, 0.3) is 0 Å². The molecule has 0 aromatic heterocycles. The summed E-state index contributed by atoms with van der Waals surface area (Å²) in [6.07, 6.45) is 9.11. The molecule has 0 saturated carbocycles. The van der Waals surface area contributed by atoms with Crippen molar-refractivity contribution in [3.05, 3.63) is 0 Å². The van der Waals surface area contributed by atoms with E-state index in [1.54, 1.807) is 0 Å². The standard InChI is InChI=1S/3C6H12O2.Sb/c3*1-2-3-4-5-6(7)8;/h3*2-5H2,1H3,(H,7,8);/q;;;+3/p-3. The maximum atomic E-state index is 9.76. The van der Waals surface area contributed by atoms with Crippen LogP contribution in [0.5, 0.6) is 0 Å². The van der Waals surface area contributed by atoms with Gasteiger partial charge in [-0.05, 0) is 38.5 Å². The van der Waals surface area contributed by atoms with Crippen LogP contribution in [0.2, 0.25) is 0 Å². The Hall–Kier alpha value is -0.772. The van der Waals surface area contributed by atoms with Gasteiger partial charge >= 0.3 is 24.4 Å². The first-order valence-electron chi connectivity index (χ1n) is 8.91. The Morgan fingerprint density at radius 2 is 0.720 bits per heavy atom. The zero-order valence-electron chi connectivity index (χ0n) is 15.9. The second-order valence-electron chi connectivity index (χ2n) is 5.49. The van der Waals surface area contributed by atoms with Crippen LogP contribution in [0.15, 0.2) is 0 Å². The van der Waals surface area contributed by atoms with Crippen molar-refractivity contribution in [2.75, 3.05) is 0 Å². The van der Waals surface area contributed by atoms with Gasteiger partial charge in [0, 0.05) is 17.9 Å². The molecule has 146 valence electrons. The predicted octanol–water partition coefficient (Wildman–Crippen LogP) is 0.569. The van der Waals surface area contributed by atoms with Crippen molar-refractivity contribution in [3.8, 4) is 0 Å². The number of carboxylic acids is 3. The molecule has 0 fully saturated rings. The van der Waals surface area contributed by atoms with Crippen LogP contribution in [-0.4, -0.2) is 42.3 Å². The number of carboxylic acid groups (broad SMARTS) is 3. The largest absolute Gasteiger partial charge is 3.00 e. The molecule has 0 aromatic carbocycles. The number of hydrogen-bond acceptors (Lipinski definition) is 6. The first-order chi connectivity index (χ1) is 11.3. The van der Waals surface area contributed by atoms with E-state index < -0.39 is 17.9 Å². The SMILES string of the molecule is CCCCCC(=O)[O-].CCCCCC(=O)[O-].CCCCCC(=O)[O-].[Sb+3]. The van der Waals surface area contributed by atoms with Crippen LogP contribution in [0, 0.1) is 0 Å². The monoisotopic (exact) mass is 466 g/mol. The van der Waals surface area contributed by atoms with E-state index in [0.717, 1.165) is 57.8 Å². The Bertz CT molecular complexity index is 260. The Kier molecular flexibility index (Phi) is 35.8. The molecule has 0 aliphatic carbocycles. The minimum atomic E-state index is -0.932. The molecule has 0 aliphatic rings. The van der Waals surface area contributed by atoms with Crippen LogP contribution in [0.1, 0.15) is 97.8 Å². The van der Waals surface area contributed by atoms with Crippen LogP contribution >= 0.6 is 0 Å². The summed E-state index contributed by atoms with van der Waals surface area (Å²) in [6, 6.07) is 0. The van der Waals surface area contributed by atoms with Crippen LogP contribution in [0.4, 0.5) is 0 Å². The summed E-state index contributed by atoms with van der Waals surface area (Å²) < 4.78 is 0. The molecule has 0 heterocycles. The predicted molar refractivity (Wildman–Crippen MR) is 93.2 cm³/mol. The Balaban J connectivity index is -0.000000130. The molecule has 0 aliphatic heterocycles. The van der Waals surface area contributed by atoms with E-state index in [4.69, 9.17) is 0 Å². The molecule has 0 rings (SSSR count). The molecular formula is C18H33O6Sb. The number of carbonyl (C=O) groups excluding carboxylic acids is 3. The first kappa shape index (κ1) is 31.9. The summed E-state index contributed by atoms with van der Waals surface area (Å²) in [6.45, 7) is 6.11. The van der Waals surface area contributed by atoms with Gasteiger partial charge in [0.05, 0.1) is 0 Å². The maximum Gasteiger partial charge on any atom is 3.00 e. The van der Waals surface area contributed by atoms with Gasteiger partial charge in [0.1, 0.15) is 0 Å². The van der Waals surface area contributed by atoms with Crippen molar-refractivity contribution in [1.29, 1.82) is 0 Å². The third-order valence-corrected chi connectivity index (χ3v) is 2.95. The van der Waals surface area contributed by atoms with E-state index in [0.29, 0.717) is 0 Å². The topological polar surface area (TPSA) is 120 Å². The molecule has 0 saturated heterocycles. The van der Waals surface area contributed by atoms with Crippen molar-refractivity contribution in [3.63, 3.8) is 0 Å². The zero-order chi connectivity index (χ0) is 19.2. The van der Waals surface area contributed by atoms with Crippen molar-refractivity contribution >= 4 is 42.3 Å². The van der Waals surface area contributed by atoms with E-state index in [1.807, 2.05) is 20.8 Å². The average Bonchev–Trinajstić information content (AvgIpc) is 2.48. The quantitative estimate of drug-likeness (QED) is 0.306. The van der Waals surface area contributed by atoms with E-state index >= 15 is 0 Å². The van der Waals surface area contributed by atoms with Gasteiger partial charge in [0.2, 0.25) is 0 Å². The molecule has 0 bridgehead atoms. The minimum absolute atomic E-state index is 0. The van der Waals surface area contributed by atoms with Crippen molar-refractivity contribution in [1.82, 2.24) is 0 Å². The fraction of sp³-hybridized carbons (Fsp3) is 0.833. The van der Waals surface area contributed by atoms with Crippen LogP contribution in [-0.2, 0) is 14.4 Å². The summed E-state index contributed by atoms with van der Waals surface area (Å²) in [5.74, 6) is -2.80. The molecule has 7 heteroatoms. The van der Waals surface area contributed by atoms with Gasteiger partial charge in [-0.15, -0.1) is 0 Å². The van der Waals surface area contributed by atoms with Crippen molar-refractivity contribution in [2.24, 2.45) is 0 Å². The summed E-state index contributed by atoms with van der Waals surface area (Å²) in [7, 11) is 0. The van der Waals surface area contributed by atoms with Crippen molar-refractivity contribution < 1.29 is 29.7 Å². The second kappa shape index (κ2) is 28.0. The van der Waals surface area contributed by atoms with Crippen LogP contribution in [0.3, 0.4) is 0 Å². The molecule has 0 aromatic rings. The van der Waals surface area contributed by atoms with Crippen LogP contribution < -0.4 is 15.3 Å². The molecule has 2 radical (unpaired) electrons. The number of hydrogen-bond donors (Lipinski definition) is 0. The summed E-state index contributed by atoms with van der Waals surface area (Å²) in [4.78, 5) is 29.3. The van der Waals surface area contributed by atoms with E-state index in [2.05, 4.69) is 0 Å². The smallest absolute Gasteiger partial charge is 0.550 e. The van der Waals surface area contributed by atoms with Gasteiger partial charge in [-0.2, -0.15) is 0 Å². The summed E-state index contributed by atoms with van der Waals surface area (Å²) in [5, 5.41) is 29.3. The molecule has 0 spiro atoms. The third-order valence-electron chi connectivity index (χ3n) is 2.95. The molecule has 0 atom stereocenters. The van der Waals surface area contributed by atoms with Gasteiger partial charge in [-0.25, -0.2) is 0 Å². The average molecular weight is 467 g/mol. The summed E-state index contributed by atoms with van der Waals surface area (Å²) in [5.41, 5.74) is 0. The second-order valence-corrected chi connectivity index (χ2v) is 5.49. The van der Waals surface area contributed by atoms with Gasteiger partial charge < -0.3 is 29.7 Å². The zero-order valence-corrected chi connectivity index (χ0v) is 18.4. The molecule has 25 heavy (non-hydrogen) atoms. The fourth-order valence-corrected chi connectivity index (χ4v) is 1.56. The normalized spacial score (nSPS) is 8.76. The van der Waals surface area contributed by atoms with Gasteiger partial charge in [-0.1, -0.05) is 59.3 Å². The summed E-state index contributed by atoms with van der Waals surface area (Å²) >= 11 is 0. The molecule has 0 N–H and O–H groups in total. The van der Waals surface area contributed by atoms with E-state index in [1.165, 1.54) is 0 Å². The number of rotatable bonds is 12. The fourth-order valence-electron chi connectivity index (χ4n) is 1.56. The molecule has 0 amide bonds. The Labute approximate surface area is 169 Å². The first-order valence-corrected chi connectivity index (χ1v) is 8.91. The Morgan fingerprint density at radius 3 is 0.840 bits per heavy atom. The van der Waals surface area contributed by atoms with E-state index in [-0.39, 0.29) is 43.7 Å². The Morgan fingerprint density at radius 1 is 0.520 bits per heavy atom. The van der Waals surface area contributed by atoms with E-state index in [9.17, 15) is 29.7 Å².